The highest BCUT2D eigenvalue weighted by Gasteiger charge is 2.10. The lowest BCUT2D eigenvalue weighted by molar-refractivity contribution is -0.115. The van der Waals surface area contributed by atoms with Crippen LogP contribution in [0, 0.1) is 5.82 Å². The molecule has 0 spiro atoms. The highest BCUT2D eigenvalue weighted by molar-refractivity contribution is 5.95. The summed E-state index contributed by atoms with van der Waals surface area (Å²) in [5.41, 5.74) is 6.37. The number of hydrogen-bond donors (Lipinski definition) is 3. The van der Waals surface area contributed by atoms with Gasteiger partial charge in [0.25, 0.3) is 0 Å². The van der Waals surface area contributed by atoms with E-state index in [1.165, 1.54) is 30.3 Å². The van der Waals surface area contributed by atoms with Gasteiger partial charge in [0.05, 0.1) is 12.1 Å². The molecule has 1 amide bonds. The Labute approximate surface area is 109 Å². The Kier molecular flexibility index (Phi) is 3.66. The standard InChI is InChI=1S/C14H13FN2O2/c15-11-5-2-6-12(16)14(11)17-13(19)8-9-3-1-4-10(18)7-9/h1-7,18H,8,16H2,(H,17,19). The number of phenols is 1. The quantitative estimate of drug-likeness (QED) is 0.741. The van der Waals surface area contributed by atoms with Crippen molar-refractivity contribution in [3.05, 3.63) is 53.8 Å². The third-order valence-electron chi connectivity index (χ3n) is 2.59. The molecule has 19 heavy (non-hydrogen) atoms. The Morgan fingerprint density at radius 2 is 2.00 bits per heavy atom. The van der Waals surface area contributed by atoms with Crippen molar-refractivity contribution >= 4 is 17.3 Å². The fraction of sp³-hybridized carbons (Fsp3) is 0.0714. The van der Waals surface area contributed by atoms with Gasteiger partial charge in [-0.15, -0.1) is 0 Å². The zero-order chi connectivity index (χ0) is 13.8. The van der Waals surface area contributed by atoms with Crippen LogP contribution in [0.2, 0.25) is 0 Å². The second-order valence-corrected chi connectivity index (χ2v) is 4.10. The molecular formula is C14H13FN2O2. The molecule has 2 rings (SSSR count). The third-order valence-corrected chi connectivity index (χ3v) is 2.59. The Balaban J connectivity index is 2.10. The Morgan fingerprint density at radius 3 is 2.68 bits per heavy atom. The minimum atomic E-state index is -0.579. The van der Waals surface area contributed by atoms with Gasteiger partial charge in [-0.3, -0.25) is 4.79 Å². The van der Waals surface area contributed by atoms with Crippen LogP contribution in [0.1, 0.15) is 5.56 Å². The molecule has 0 radical (unpaired) electrons. The zero-order valence-corrected chi connectivity index (χ0v) is 10.1. The molecule has 2 aromatic rings. The maximum atomic E-state index is 13.5. The number of carbonyl (C=O) groups is 1. The number of nitrogen functional groups attached to an aromatic ring is 1. The van der Waals surface area contributed by atoms with Crippen LogP contribution in [0.3, 0.4) is 0 Å². The van der Waals surface area contributed by atoms with Crippen molar-refractivity contribution in [2.75, 3.05) is 11.1 Å². The lowest BCUT2D eigenvalue weighted by Gasteiger charge is -2.09. The van der Waals surface area contributed by atoms with Crippen molar-refractivity contribution in [3.63, 3.8) is 0 Å². The molecule has 0 aromatic heterocycles. The van der Waals surface area contributed by atoms with Crippen molar-refractivity contribution in [1.82, 2.24) is 0 Å². The lowest BCUT2D eigenvalue weighted by atomic mass is 10.1. The van der Waals surface area contributed by atoms with Crippen LogP contribution in [0.25, 0.3) is 0 Å². The minimum Gasteiger partial charge on any atom is -0.508 e. The Morgan fingerprint density at radius 1 is 1.26 bits per heavy atom. The van der Waals surface area contributed by atoms with E-state index in [1.54, 1.807) is 12.1 Å². The molecule has 0 aliphatic heterocycles. The number of amides is 1. The van der Waals surface area contributed by atoms with Gasteiger partial charge in [0.2, 0.25) is 5.91 Å². The van der Waals surface area contributed by atoms with Gasteiger partial charge in [-0.05, 0) is 29.8 Å². The predicted octanol–water partition coefficient (Wildman–Crippen LogP) is 2.29. The summed E-state index contributed by atoms with van der Waals surface area (Å²) in [7, 11) is 0. The smallest absolute Gasteiger partial charge is 0.228 e. The minimum absolute atomic E-state index is 0.0207. The number of carbonyl (C=O) groups excluding carboxylic acids is 1. The number of hydrogen-bond acceptors (Lipinski definition) is 3. The summed E-state index contributed by atoms with van der Waals surface area (Å²) in [4.78, 5) is 11.8. The number of benzene rings is 2. The molecule has 0 atom stereocenters. The fourth-order valence-corrected chi connectivity index (χ4v) is 1.71. The molecule has 5 heteroatoms. The molecule has 0 heterocycles. The van der Waals surface area contributed by atoms with Gasteiger partial charge >= 0.3 is 0 Å². The van der Waals surface area contributed by atoms with Crippen molar-refractivity contribution in [2.24, 2.45) is 0 Å². The van der Waals surface area contributed by atoms with Crippen LogP contribution >= 0.6 is 0 Å². The lowest BCUT2D eigenvalue weighted by Crippen LogP contribution is -2.16. The Hall–Kier alpha value is -2.56. The molecule has 2 aromatic carbocycles. The SMILES string of the molecule is Nc1cccc(F)c1NC(=O)Cc1cccc(O)c1. The van der Waals surface area contributed by atoms with E-state index in [0.717, 1.165) is 0 Å². The van der Waals surface area contributed by atoms with Crippen LogP contribution in [0.15, 0.2) is 42.5 Å². The largest absolute Gasteiger partial charge is 0.508 e. The molecule has 0 fully saturated rings. The van der Waals surface area contributed by atoms with Crippen molar-refractivity contribution < 1.29 is 14.3 Å². The number of rotatable bonds is 3. The molecule has 0 saturated heterocycles. The van der Waals surface area contributed by atoms with Crippen molar-refractivity contribution in [3.8, 4) is 5.75 Å². The van der Waals surface area contributed by atoms with E-state index >= 15 is 0 Å². The van der Waals surface area contributed by atoms with E-state index in [9.17, 15) is 14.3 Å². The first kappa shape index (κ1) is 12.9. The van der Waals surface area contributed by atoms with Gasteiger partial charge in [-0.2, -0.15) is 0 Å². The molecule has 4 nitrogen and oxygen atoms in total. The molecule has 0 aliphatic carbocycles. The summed E-state index contributed by atoms with van der Waals surface area (Å²) in [6.07, 6.45) is 0.0299. The van der Waals surface area contributed by atoms with Crippen LogP contribution in [0.5, 0.6) is 5.75 Å². The number of nitrogens with two attached hydrogens (primary N) is 1. The van der Waals surface area contributed by atoms with Crippen molar-refractivity contribution in [2.45, 2.75) is 6.42 Å². The van der Waals surface area contributed by atoms with E-state index in [-0.39, 0.29) is 23.5 Å². The maximum absolute atomic E-state index is 13.5. The second-order valence-electron chi connectivity index (χ2n) is 4.10. The summed E-state index contributed by atoms with van der Waals surface area (Å²) in [5, 5.41) is 11.7. The third kappa shape index (κ3) is 3.22. The summed E-state index contributed by atoms with van der Waals surface area (Å²) in [5.74, 6) is -0.901. The number of anilines is 2. The average Bonchev–Trinajstić information content (AvgIpc) is 2.34. The highest BCUT2D eigenvalue weighted by Crippen LogP contribution is 2.22. The van der Waals surface area contributed by atoms with Gasteiger partial charge in [-0.25, -0.2) is 4.39 Å². The van der Waals surface area contributed by atoms with Gasteiger partial charge in [-0.1, -0.05) is 18.2 Å². The van der Waals surface area contributed by atoms with Gasteiger partial charge in [0.15, 0.2) is 0 Å². The van der Waals surface area contributed by atoms with Crippen LogP contribution < -0.4 is 11.1 Å². The van der Waals surface area contributed by atoms with Gasteiger partial charge in [0, 0.05) is 0 Å². The van der Waals surface area contributed by atoms with Crippen LogP contribution in [-0.2, 0) is 11.2 Å². The van der Waals surface area contributed by atoms with Gasteiger partial charge < -0.3 is 16.2 Å². The van der Waals surface area contributed by atoms with Crippen LogP contribution in [-0.4, -0.2) is 11.0 Å². The highest BCUT2D eigenvalue weighted by atomic mass is 19.1. The monoisotopic (exact) mass is 260 g/mol. The average molecular weight is 260 g/mol. The maximum Gasteiger partial charge on any atom is 0.228 e. The molecule has 0 aliphatic rings. The number of nitrogens with one attached hydrogen (secondary N) is 1. The molecule has 4 N–H and O–H groups in total. The van der Waals surface area contributed by atoms with E-state index in [0.29, 0.717) is 5.56 Å². The summed E-state index contributed by atoms with van der Waals surface area (Å²) >= 11 is 0. The number of halogens is 1. The van der Waals surface area contributed by atoms with E-state index < -0.39 is 11.7 Å². The zero-order valence-electron chi connectivity index (χ0n) is 10.1. The number of phenolic OH excluding ortho intramolecular Hbond substituents is 1. The van der Waals surface area contributed by atoms with Crippen LogP contribution in [0.4, 0.5) is 15.8 Å². The topological polar surface area (TPSA) is 75.3 Å². The molecule has 0 unspecified atom stereocenters. The van der Waals surface area contributed by atoms with E-state index in [2.05, 4.69) is 5.32 Å². The summed E-state index contributed by atoms with van der Waals surface area (Å²) in [6.45, 7) is 0. The first-order valence-corrected chi connectivity index (χ1v) is 5.68. The first-order chi connectivity index (χ1) is 9.06. The molecule has 98 valence electrons. The fourth-order valence-electron chi connectivity index (χ4n) is 1.71. The van der Waals surface area contributed by atoms with E-state index in [4.69, 9.17) is 5.73 Å². The summed E-state index contributed by atoms with van der Waals surface area (Å²) < 4.78 is 13.5. The predicted molar refractivity (Wildman–Crippen MR) is 71.3 cm³/mol. The normalized spacial score (nSPS) is 10.2. The first-order valence-electron chi connectivity index (χ1n) is 5.68. The van der Waals surface area contributed by atoms with E-state index in [1.807, 2.05) is 0 Å². The second kappa shape index (κ2) is 5.39. The molecule has 0 saturated carbocycles. The van der Waals surface area contributed by atoms with Crippen molar-refractivity contribution in [1.29, 1.82) is 0 Å². The number of aromatic hydroxyl groups is 1. The molecule has 0 bridgehead atoms. The number of para-hydroxylation sites is 1. The van der Waals surface area contributed by atoms with Gasteiger partial charge in [0.1, 0.15) is 17.3 Å². The Bertz CT molecular complexity index is 594. The summed E-state index contributed by atoms with van der Waals surface area (Å²) in [6, 6.07) is 10.5. The molecular weight excluding hydrogens is 247 g/mol.